The van der Waals surface area contributed by atoms with Gasteiger partial charge in [-0.3, -0.25) is 0 Å². The predicted molar refractivity (Wildman–Crippen MR) is 91.9 cm³/mol. The third-order valence-electron chi connectivity index (χ3n) is 4.06. The van der Waals surface area contributed by atoms with Crippen LogP contribution in [0.25, 0.3) is 0 Å². The van der Waals surface area contributed by atoms with Gasteiger partial charge in [0.15, 0.2) is 5.96 Å². The summed E-state index contributed by atoms with van der Waals surface area (Å²) >= 11 is 0. The molecule has 0 spiro atoms. The van der Waals surface area contributed by atoms with Gasteiger partial charge < -0.3 is 15.0 Å². The van der Waals surface area contributed by atoms with E-state index in [1.807, 2.05) is 0 Å². The summed E-state index contributed by atoms with van der Waals surface area (Å²) < 4.78 is 5.14. The molecule has 1 fully saturated rings. The van der Waals surface area contributed by atoms with Gasteiger partial charge in [-0.05, 0) is 29.9 Å². The Bertz CT molecular complexity index is 494. The van der Waals surface area contributed by atoms with Crippen LogP contribution in [0.4, 0.5) is 0 Å². The highest BCUT2D eigenvalue weighted by molar-refractivity contribution is 5.80. The maximum atomic E-state index is 5.14. The van der Waals surface area contributed by atoms with E-state index in [0.717, 1.165) is 25.6 Å². The molecule has 0 unspecified atom stereocenters. The summed E-state index contributed by atoms with van der Waals surface area (Å²) in [6.45, 7) is 11.2. The van der Waals surface area contributed by atoms with Crippen LogP contribution in [0.1, 0.15) is 38.3 Å². The zero-order chi connectivity index (χ0) is 16.0. The van der Waals surface area contributed by atoms with E-state index in [1.54, 1.807) is 7.11 Å². The number of hydrogen-bond acceptors (Lipinski definition) is 2. The molecule has 0 atom stereocenters. The van der Waals surface area contributed by atoms with Crippen molar-refractivity contribution in [1.82, 2.24) is 10.2 Å². The van der Waals surface area contributed by atoms with Crippen molar-refractivity contribution in [2.75, 3.05) is 26.7 Å². The van der Waals surface area contributed by atoms with Gasteiger partial charge in [-0.2, -0.15) is 0 Å². The molecule has 4 heteroatoms. The molecule has 1 N–H and O–H groups in total. The van der Waals surface area contributed by atoms with E-state index >= 15 is 0 Å². The number of nitrogens with one attached hydrogen (secondary N) is 1. The minimum absolute atomic E-state index is 0.387. The van der Waals surface area contributed by atoms with Crippen LogP contribution in [0.5, 0.6) is 0 Å². The number of nitrogens with zero attached hydrogens (tertiary/aromatic N) is 2. The topological polar surface area (TPSA) is 36.9 Å². The lowest BCUT2D eigenvalue weighted by Crippen LogP contribution is -2.40. The first-order valence-corrected chi connectivity index (χ1v) is 8.14. The molecule has 22 heavy (non-hydrogen) atoms. The molecule has 0 bridgehead atoms. The minimum atomic E-state index is 0.387. The fourth-order valence-corrected chi connectivity index (χ4v) is 2.79. The van der Waals surface area contributed by atoms with E-state index in [2.05, 4.69) is 55.3 Å². The summed E-state index contributed by atoms with van der Waals surface area (Å²) in [6, 6.07) is 8.49. The maximum absolute atomic E-state index is 5.14. The molecular formula is C18H29N3O. The number of rotatable bonds is 5. The van der Waals surface area contributed by atoms with Gasteiger partial charge >= 0.3 is 0 Å². The molecular weight excluding hydrogens is 274 g/mol. The smallest absolute Gasteiger partial charge is 0.194 e. The van der Waals surface area contributed by atoms with E-state index < -0.39 is 0 Å². The number of benzene rings is 1. The monoisotopic (exact) mass is 303 g/mol. The summed E-state index contributed by atoms with van der Waals surface area (Å²) in [5, 5.41) is 3.42. The first kappa shape index (κ1) is 16.8. The van der Waals surface area contributed by atoms with Gasteiger partial charge in [0, 0.05) is 26.7 Å². The second-order valence-electron chi connectivity index (χ2n) is 6.76. The number of likely N-dealkylation sites (tertiary alicyclic amines) is 1. The van der Waals surface area contributed by atoms with E-state index in [4.69, 9.17) is 9.73 Å². The van der Waals surface area contributed by atoms with Crippen molar-refractivity contribution in [3.05, 3.63) is 35.4 Å². The lowest BCUT2D eigenvalue weighted by molar-refractivity contribution is 0.185. The van der Waals surface area contributed by atoms with Crippen LogP contribution >= 0.6 is 0 Å². The Kier molecular flexibility index (Phi) is 5.83. The molecule has 0 radical (unpaired) electrons. The number of ether oxygens (including phenoxy) is 1. The van der Waals surface area contributed by atoms with E-state index in [1.165, 1.54) is 17.5 Å². The van der Waals surface area contributed by atoms with Crippen molar-refractivity contribution in [2.24, 2.45) is 10.4 Å². The Labute approximate surface area is 134 Å². The zero-order valence-electron chi connectivity index (χ0n) is 14.4. The summed E-state index contributed by atoms with van der Waals surface area (Å²) in [5.41, 5.74) is 2.81. The molecule has 122 valence electrons. The molecule has 1 aromatic carbocycles. The van der Waals surface area contributed by atoms with Gasteiger partial charge in [-0.25, -0.2) is 4.99 Å². The van der Waals surface area contributed by atoms with Gasteiger partial charge in [-0.1, -0.05) is 38.1 Å². The maximum Gasteiger partial charge on any atom is 0.194 e. The summed E-state index contributed by atoms with van der Waals surface area (Å²) in [7, 11) is 1.72. The Hall–Kier alpha value is -1.55. The summed E-state index contributed by atoms with van der Waals surface area (Å²) in [4.78, 5) is 7.18. The minimum Gasteiger partial charge on any atom is -0.380 e. The lowest BCUT2D eigenvalue weighted by atomic mass is 9.93. The lowest BCUT2D eigenvalue weighted by Gasteiger charge is -2.23. The van der Waals surface area contributed by atoms with Crippen molar-refractivity contribution < 1.29 is 4.74 Å². The summed E-state index contributed by atoms with van der Waals surface area (Å²) in [6.07, 6.45) is 1.23. The largest absolute Gasteiger partial charge is 0.380 e. The zero-order valence-corrected chi connectivity index (χ0v) is 14.4. The normalized spacial score (nSPS) is 17.8. The first-order chi connectivity index (χ1) is 10.5. The van der Waals surface area contributed by atoms with Gasteiger partial charge in [0.25, 0.3) is 0 Å². The third-order valence-corrected chi connectivity index (χ3v) is 4.06. The molecule has 1 heterocycles. The van der Waals surface area contributed by atoms with Gasteiger partial charge in [0.05, 0.1) is 13.2 Å². The number of hydrogen-bond donors (Lipinski definition) is 1. The second kappa shape index (κ2) is 7.63. The van der Waals surface area contributed by atoms with E-state index in [-0.39, 0.29) is 0 Å². The molecule has 0 amide bonds. The quantitative estimate of drug-likeness (QED) is 0.671. The first-order valence-electron chi connectivity index (χ1n) is 8.14. The molecule has 0 aromatic heterocycles. The molecule has 4 nitrogen and oxygen atoms in total. The van der Waals surface area contributed by atoms with Crippen LogP contribution < -0.4 is 5.32 Å². The van der Waals surface area contributed by atoms with Crippen LogP contribution in [0.15, 0.2) is 29.3 Å². The highest BCUT2D eigenvalue weighted by Gasteiger charge is 2.30. The van der Waals surface area contributed by atoms with E-state index in [0.29, 0.717) is 18.6 Å². The second-order valence-corrected chi connectivity index (χ2v) is 6.76. The molecule has 1 saturated heterocycles. The Morgan fingerprint density at radius 3 is 2.50 bits per heavy atom. The third kappa shape index (κ3) is 4.73. The van der Waals surface area contributed by atoms with Crippen molar-refractivity contribution in [3.63, 3.8) is 0 Å². The Morgan fingerprint density at radius 1 is 1.27 bits per heavy atom. The highest BCUT2D eigenvalue weighted by Crippen LogP contribution is 2.28. The van der Waals surface area contributed by atoms with Crippen LogP contribution in [0.3, 0.4) is 0 Å². The van der Waals surface area contributed by atoms with Crippen LogP contribution in [0, 0.1) is 5.41 Å². The average Bonchev–Trinajstić information content (AvgIpc) is 2.85. The standard InChI is InChI=1S/C18H29N3O/c1-5-19-17(21-11-10-18(2,3)14-21)20-12-15-6-8-16(9-7-15)13-22-4/h6-9H,5,10-14H2,1-4H3,(H,19,20). The van der Waals surface area contributed by atoms with Crippen LogP contribution in [0.2, 0.25) is 0 Å². The fourth-order valence-electron chi connectivity index (χ4n) is 2.79. The van der Waals surface area contributed by atoms with Gasteiger partial charge in [0.1, 0.15) is 0 Å². The molecule has 2 rings (SSSR count). The molecule has 1 aromatic rings. The molecule has 0 saturated carbocycles. The van der Waals surface area contributed by atoms with Crippen molar-refractivity contribution >= 4 is 5.96 Å². The average molecular weight is 303 g/mol. The van der Waals surface area contributed by atoms with Gasteiger partial charge in [0.2, 0.25) is 0 Å². The Balaban J connectivity index is 2.00. The number of aliphatic imine (C=N–C) groups is 1. The number of methoxy groups -OCH3 is 1. The SMILES string of the molecule is CCNC(=NCc1ccc(COC)cc1)N1CCC(C)(C)C1. The highest BCUT2D eigenvalue weighted by atomic mass is 16.5. The van der Waals surface area contributed by atoms with Gasteiger partial charge in [-0.15, -0.1) is 0 Å². The van der Waals surface area contributed by atoms with Crippen molar-refractivity contribution in [3.8, 4) is 0 Å². The van der Waals surface area contributed by atoms with E-state index in [9.17, 15) is 0 Å². The number of guanidine groups is 1. The van der Waals surface area contributed by atoms with Crippen molar-refractivity contribution in [2.45, 2.75) is 40.3 Å². The van der Waals surface area contributed by atoms with Crippen LogP contribution in [-0.4, -0.2) is 37.6 Å². The predicted octanol–water partition coefficient (Wildman–Crippen LogP) is 3.03. The van der Waals surface area contributed by atoms with Crippen LogP contribution in [-0.2, 0) is 17.9 Å². The molecule has 1 aliphatic heterocycles. The molecule has 0 aliphatic carbocycles. The Morgan fingerprint density at radius 2 is 1.95 bits per heavy atom. The summed E-state index contributed by atoms with van der Waals surface area (Å²) in [5.74, 6) is 1.04. The van der Waals surface area contributed by atoms with Crippen molar-refractivity contribution in [1.29, 1.82) is 0 Å². The fraction of sp³-hybridized carbons (Fsp3) is 0.611. The molecule has 1 aliphatic rings.